The molecule has 1 N–H and O–H groups in total. The van der Waals surface area contributed by atoms with Gasteiger partial charge in [-0.25, -0.2) is 9.69 Å². The van der Waals surface area contributed by atoms with E-state index in [1.807, 2.05) is 32.9 Å². The Bertz CT molecular complexity index is 962. The zero-order valence-electron chi connectivity index (χ0n) is 15.4. The molecule has 0 bridgehead atoms. The lowest BCUT2D eigenvalue weighted by Crippen LogP contribution is -2.54. The van der Waals surface area contributed by atoms with Gasteiger partial charge in [-0.05, 0) is 50.1 Å². The first-order valence-electron chi connectivity index (χ1n) is 8.63. The van der Waals surface area contributed by atoms with Crippen LogP contribution in [-0.4, -0.2) is 24.5 Å². The molecule has 1 fully saturated rings. The van der Waals surface area contributed by atoms with Crippen molar-refractivity contribution in [2.75, 3.05) is 11.5 Å². The van der Waals surface area contributed by atoms with Crippen LogP contribution in [0.2, 0.25) is 0 Å². The molecule has 0 saturated carbocycles. The van der Waals surface area contributed by atoms with Gasteiger partial charge in [0.1, 0.15) is 11.3 Å². The Morgan fingerprint density at radius 2 is 1.78 bits per heavy atom. The van der Waals surface area contributed by atoms with Gasteiger partial charge >= 0.3 is 6.03 Å². The molecule has 6 heteroatoms. The number of barbiturate groups is 1. The number of anilines is 1. The number of aryl methyl sites for hydroxylation is 1. The molecule has 1 aliphatic rings. The summed E-state index contributed by atoms with van der Waals surface area (Å²) in [5.41, 5.74) is 2.66. The number of nitrogens with zero attached hydrogens (tertiary/aromatic N) is 1. The first-order valence-corrected chi connectivity index (χ1v) is 8.63. The molecule has 6 nitrogen and oxygen atoms in total. The highest BCUT2D eigenvalue weighted by Crippen LogP contribution is 2.28. The van der Waals surface area contributed by atoms with Crippen molar-refractivity contribution in [1.82, 2.24) is 5.32 Å². The highest BCUT2D eigenvalue weighted by Gasteiger charge is 2.37. The van der Waals surface area contributed by atoms with Crippen molar-refractivity contribution in [2.45, 2.75) is 20.8 Å². The van der Waals surface area contributed by atoms with E-state index in [0.29, 0.717) is 23.6 Å². The summed E-state index contributed by atoms with van der Waals surface area (Å²) >= 11 is 0. The van der Waals surface area contributed by atoms with Gasteiger partial charge < -0.3 is 4.74 Å². The number of benzene rings is 2. The Morgan fingerprint density at radius 1 is 1.04 bits per heavy atom. The van der Waals surface area contributed by atoms with Crippen LogP contribution < -0.4 is 15.0 Å². The minimum Gasteiger partial charge on any atom is -0.493 e. The van der Waals surface area contributed by atoms with Gasteiger partial charge in [-0.3, -0.25) is 14.9 Å². The third-order valence-corrected chi connectivity index (χ3v) is 4.44. The van der Waals surface area contributed by atoms with E-state index in [4.69, 9.17) is 4.74 Å². The largest absolute Gasteiger partial charge is 0.493 e. The number of imide groups is 2. The fraction of sp³-hybridized carbons (Fsp3) is 0.190. The third-order valence-electron chi connectivity index (χ3n) is 4.44. The summed E-state index contributed by atoms with van der Waals surface area (Å²) in [6, 6.07) is 11.7. The molecule has 27 heavy (non-hydrogen) atoms. The number of ether oxygens (including phenoxy) is 1. The number of urea groups is 1. The van der Waals surface area contributed by atoms with Crippen LogP contribution in [0, 0.1) is 13.8 Å². The maximum atomic E-state index is 13.0. The summed E-state index contributed by atoms with van der Waals surface area (Å²) in [6.45, 7) is 6.03. The zero-order valence-corrected chi connectivity index (χ0v) is 15.4. The molecule has 4 amide bonds. The fourth-order valence-corrected chi connectivity index (χ4v) is 2.90. The van der Waals surface area contributed by atoms with Gasteiger partial charge in [0.05, 0.1) is 12.3 Å². The number of rotatable bonds is 4. The van der Waals surface area contributed by atoms with E-state index in [1.165, 1.54) is 6.08 Å². The fourth-order valence-electron chi connectivity index (χ4n) is 2.90. The summed E-state index contributed by atoms with van der Waals surface area (Å²) in [5.74, 6) is -0.829. The molecule has 0 spiro atoms. The minimum absolute atomic E-state index is 0.123. The van der Waals surface area contributed by atoms with Crippen LogP contribution in [0.4, 0.5) is 10.5 Å². The summed E-state index contributed by atoms with van der Waals surface area (Å²) in [4.78, 5) is 38.7. The molecular weight excluding hydrogens is 344 g/mol. The summed E-state index contributed by atoms with van der Waals surface area (Å²) < 4.78 is 5.55. The lowest BCUT2D eigenvalue weighted by atomic mass is 10.0. The standard InChI is InChI=1S/C21H20N2O4/c1-4-27-18-11-6-5-9-15(18)12-16-19(24)22-21(26)23(20(16)25)17-10-7-8-13(2)14(17)3/h5-12H,4H2,1-3H3,(H,22,24,26)/b16-12+. The number of carbonyl (C=O) groups is 3. The molecule has 2 aromatic carbocycles. The second kappa shape index (κ2) is 7.45. The Balaban J connectivity index is 2.07. The van der Waals surface area contributed by atoms with Crippen molar-refractivity contribution in [2.24, 2.45) is 0 Å². The van der Waals surface area contributed by atoms with E-state index >= 15 is 0 Å². The van der Waals surface area contributed by atoms with E-state index in [0.717, 1.165) is 16.0 Å². The van der Waals surface area contributed by atoms with Crippen LogP contribution in [-0.2, 0) is 9.59 Å². The third kappa shape index (κ3) is 3.46. The number of hydrogen-bond donors (Lipinski definition) is 1. The summed E-state index contributed by atoms with van der Waals surface area (Å²) in [6.07, 6.45) is 1.45. The van der Waals surface area contributed by atoms with E-state index in [2.05, 4.69) is 5.32 Å². The number of amides is 4. The molecule has 1 aliphatic heterocycles. The van der Waals surface area contributed by atoms with Crippen LogP contribution >= 0.6 is 0 Å². The predicted molar refractivity (Wildman–Crippen MR) is 103 cm³/mol. The normalized spacial score (nSPS) is 15.9. The second-order valence-electron chi connectivity index (χ2n) is 6.15. The van der Waals surface area contributed by atoms with Crippen molar-refractivity contribution in [1.29, 1.82) is 0 Å². The molecular formula is C21H20N2O4. The van der Waals surface area contributed by atoms with Crippen molar-refractivity contribution in [3.63, 3.8) is 0 Å². The number of carbonyl (C=O) groups excluding carboxylic acids is 3. The average molecular weight is 364 g/mol. The molecule has 0 atom stereocenters. The maximum Gasteiger partial charge on any atom is 0.335 e. The van der Waals surface area contributed by atoms with Crippen LogP contribution in [0.3, 0.4) is 0 Å². The van der Waals surface area contributed by atoms with Crippen LogP contribution in [0.25, 0.3) is 6.08 Å². The number of para-hydroxylation sites is 1. The van der Waals surface area contributed by atoms with Crippen LogP contribution in [0.5, 0.6) is 5.75 Å². The van der Waals surface area contributed by atoms with Crippen molar-refractivity contribution in [3.05, 3.63) is 64.7 Å². The molecule has 2 aromatic rings. The highest BCUT2D eigenvalue weighted by molar-refractivity contribution is 6.39. The molecule has 0 unspecified atom stereocenters. The lowest BCUT2D eigenvalue weighted by molar-refractivity contribution is -0.122. The summed E-state index contributed by atoms with van der Waals surface area (Å²) in [5, 5.41) is 2.24. The highest BCUT2D eigenvalue weighted by atomic mass is 16.5. The zero-order chi connectivity index (χ0) is 19.6. The lowest BCUT2D eigenvalue weighted by Gasteiger charge is -2.28. The number of nitrogens with one attached hydrogen (secondary N) is 1. The smallest absolute Gasteiger partial charge is 0.335 e. The first-order chi connectivity index (χ1) is 12.9. The van der Waals surface area contributed by atoms with Crippen molar-refractivity contribution >= 4 is 29.6 Å². The van der Waals surface area contributed by atoms with E-state index in [9.17, 15) is 14.4 Å². The van der Waals surface area contributed by atoms with Gasteiger partial charge in [0.2, 0.25) is 0 Å². The van der Waals surface area contributed by atoms with Gasteiger partial charge in [0, 0.05) is 5.56 Å². The molecule has 1 heterocycles. The Morgan fingerprint density at radius 3 is 2.52 bits per heavy atom. The topological polar surface area (TPSA) is 75.7 Å². The average Bonchev–Trinajstić information content (AvgIpc) is 2.63. The molecule has 0 aliphatic carbocycles. The maximum absolute atomic E-state index is 13.0. The van der Waals surface area contributed by atoms with Gasteiger partial charge in [0.25, 0.3) is 11.8 Å². The van der Waals surface area contributed by atoms with Gasteiger partial charge in [-0.1, -0.05) is 30.3 Å². The Kier molecular flexibility index (Phi) is 5.07. The Hall–Kier alpha value is -3.41. The quantitative estimate of drug-likeness (QED) is 0.667. The van der Waals surface area contributed by atoms with Crippen molar-refractivity contribution in [3.8, 4) is 5.75 Å². The van der Waals surface area contributed by atoms with Crippen LogP contribution in [0.1, 0.15) is 23.6 Å². The monoisotopic (exact) mass is 364 g/mol. The van der Waals surface area contributed by atoms with Gasteiger partial charge in [0.15, 0.2) is 0 Å². The van der Waals surface area contributed by atoms with Crippen molar-refractivity contribution < 1.29 is 19.1 Å². The van der Waals surface area contributed by atoms with Gasteiger partial charge in [-0.15, -0.1) is 0 Å². The van der Waals surface area contributed by atoms with Crippen LogP contribution in [0.15, 0.2) is 48.0 Å². The minimum atomic E-state index is -0.756. The molecule has 1 saturated heterocycles. The molecule has 0 aromatic heterocycles. The van der Waals surface area contributed by atoms with E-state index in [1.54, 1.807) is 30.3 Å². The SMILES string of the molecule is CCOc1ccccc1/C=C1\C(=O)NC(=O)N(c2cccc(C)c2C)C1=O. The molecule has 138 valence electrons. The first kappa shape index (κ1) is 18.4. The van der Waals surface area contributed by atoms with Gasteiger partial charge in [-0.2, -0.15) is 0 Å². The number of hydrogen-bond acceptors (Lipinski definition) is 4. The Labute approximate surface area is 157 Å². The van der Waals surface area contributed by atoms with E-state index < -0.39 is 17.8 Å². The van der Waals surface area contributed by atoms with E-state index in [-0.39, 0.29) is 5.57 Å². The molecule has 3 rings (SSSR count). The summed E-state index contributed by atoms with van der Waals surface area (Å²) in [7, 11) is 0. The predicted octanol–water partition coefficient (Wildman–Crippen LogP) is 3.37. The molecule has 0 radical (unpaired) electrons. The second-order valence-corrected chi connectivity index (χ2v) is 6.15.